The first-order valence-corrected chi connectivity index (χ1v) is 8.91. The van der Waals surface area contributed by atoms with Gasteiger partial charge in [-0.25, -0.2) is 4.79 Å². The van der Waals surface area contributed by atoms with Crippen molar-refractivity contribution in [1.82, 2.24) is 15.1 Å². The average molecular weight is 385 g/mol. The second-order valence-electron chi connectivity index (χ2n) is 6.23. The van der Waals surface area contributed by atoms with Gasteiger partial charge in [-0.05, 0) is 43.2 Å². The van der Waals surface area contributed by atoms with Crippen molar-refractivity contribution >= 4 is 17.4 Å². The molecular weight excluding hydrogens is 363 g/mol. The highest BCUT2D eigenvalue weighted by atomic mass is 32.1. The molecule has 8 heteroatoms. The standard InChI is InChI=1S/C18H22F3N3OS/c1-23(2)15(16-5-4-10-26-16)11-22-17(25)24(3)12-13-6-8-14(9-7-13)18(19,20)21/h4-10,15H,11-12H2,1-3H3,(H,22,25). The molecule has 0 saturated carbocycles. The zero-order valence-corrected chi connectivity index (χ0v) is 15.7. The Balaban J connectivity index is 1.91. The van der Waals surface area contributed by atoms with Gasteiger partial charge in [0.05, 0.1) is 11.6 Å². The number of likely N-dealkylation sites (N-methyl/N-ethyl adjacent to an activating group) is 1. The molecule has 0 aliphatic heterocycles. The fourth-order valence-corrected chi connectivity index (χ4v) is 3.40. The van der Waals surface area contributed by atoms with E-state index in [9.17, 15) is 18.0 Å². The number of urea groups is 1. The first-order chi connectivity index (χ1) is 12.2. The van der Waals surface area contributed by atoms with Crippen molar-refractivity contribution in [2.75, 3.05) is 27.7 Å². The lowest BCUT2D eigenvalue weighted by Gasteiger charge is -2.25. The molecule has 0 spiro atoms. The predicted molar refractivity (Wildman–Crippen MR) is 97.1 cm³/mol. The molecule has 1 heterocycles. The maximum Gasteiger partial charge on any atom is 0.416 e. The molecule has 1 atom stereocenters. The summed E-state index contributed by atoms with van der Waals surface area (Å²) in [4.78, 5) is 16.9. The Kier molecular flexibility index (Phi) is 6.66. The van der Waals surface area contributed by atoms with Gasteiger partial charge in [0, 0.05) is 25.0 Å². The van der Waals surface area contributed by atoms with E-state index < -0.39 is 11.7 Å². The van der Waals surface area contributed by atoms with Gasteiger partial charge in [0.2, 0.25) is 0 Å². The molecule has 0 bridgehead atoms. The van der Waals surface area contributed by atoms with Crippen LogP contribution in [0.25, 0.3) is 0 Å². The van der Waals surface area contributed by atoms with Crippen molar-refractivity contribution in [3.8, 4) is 0 Å². The summed E-state index contributed by atoms with van der Waals surface area (Å²) < 4.78 is 37.8. The summed E-state index contributed by atoms with van der Waals surface area (Å²) in [7, 11) is 5.51. The minimum atomic E-state index is -4.36. The molecule has 1 aromatic carbocycles. The van der Waals surface area contributed by atoms with Crippen LogP contribution in [-0.4, -0.2) is 43.5 Å². The van der Waals surface area contributed by atoms with E-state index in [0.717, 1.165) is 17.0 Å². The first-order valence-electron chi connectivity index (χ1n) is 8.03. The van der Waals surface area contributed by atoms with Gasteiger partial charge in [-0.3, -0.25) is 0 Å². The second kappa shape index (κ2) is 8.55. The van der Waals surface area contributed by atoms with Crippen LogP contribution in [0.1, 0.15) is 22.0 Å². The average Bonchev–Trinajstić information content (AvgIpc) is 3.08. The molecule has 1 N–H and O–H groups in total. The molecule has 1 unspecified atom stereocenters. The summed E-state index contributed by atoms with van der Waals surface area (Å²) in [5.74, 6) is 0. The fourth-order valence-electron chi connectivity index (χ4n) is 2.48. The molecule has 1 aromatic heterocycles. The third-order valence-electron chi connectivity index (χ3n) is 3.99. The van der Waals surface area contributed by atoms with E-state index in [1.54, 1.807) is 18.4 Å². The lowest BCUT2D eigenvalue weighted by molar-refractivity contribution is -0.137. The van der Waals surface area contributed by atoms with Gasteiger partial charge in [-0.1, -0.05) is 18.2 Å². The molecule has 0 radical (unpaired) electrons. The summed E-state index contributed by atoms with van der Waals surface area (Å²) in [5, 5.41) is 4.87. The van der Waals surface area contributed by atoms with E-state index in [1.165, 1.54) is 17.0 Å². The highest BCUT2D eigenvalue weighted by molar-refractivity contribution is 7.10. The number of amides is 2. The van der Waals surface area contributed by atoms with Crippen LogP contribution in [0.4, 0.5) is 18.0 Å². The Morgan fingerprint density at radius 1 is 1.15 bits per heavy atom. The van der Waals surface area contributed by atoms with E-state index in [0.29, 0.717) is 12.1 Å². The predicted octanol–water partition coefficient (Wildman–Crippen LogP) is 4.21. The molecule has 0 saturated heterocycles. The number of rotatable bonds is 6. The molecule has 0 aliphatic rings. The monoisotopic (exact) mass is 385 g/mol. The van der Waals surface area contributed by atoms with Gasteiger partial charge in [0.25, 0.3) is 0 Å². The highest BCUT2D eigenvalue weighted by Gasteiger charge is 2.30. The number of hydrogen-bond donors (Lipinski definition) is 1. The fraction of sp³-hybridized carbons (Fsp3) is 0.389. The van der Waals surface area contributed by atoms with Gasteiger partial charge in [0.1, 0.15) is 0 Å². The third-order valence-corrected chi connectivity index (χ3v) is 4.96. The molecule has 0 aliphatic carbocycles. The number of thiophene rings is 1. The Morgan fingerprint density at radius 3 is 2.31 bits per heavy atom. The lowest BCUT2D eigenvalue weighted by Crippen LogP contribution is -2.41. The highest BCUT2D eigenvalue weighted by Crippen LogP contribution is 2.29. The van der Waals surface area contributed by atoms with E-state index >= 15 is 0 Å². The molecule has 2 aromatic rings. The Hall–Kier alpha value is -2.06. The zero-order chi connectivity index (χ0) is 19.3. The minimum Gasteiger partial charge on any atom is -0.336 e. The number of hydrogen-bond acceptors (Lipinski definition) is 3. The van der Waals surface area contributed by atoms with Gasteiger partial charge in [-0.15, -0.1) is 11.3 Å². The SMILES string of the molecule is CN(Cc1ccc(C(F)(F)F)cc1)C(=O)NCC(c1cccs1)N(C)C. The van der Waals surface area contributed by atoms with Crippen LogP contribution < -0.4 is 5.32 Å². The molecule has 142 valence electrons. The van der Waals surface area contributed by atoms with Crippen molar-refractivity contribution in [2.24, 2.45) is 0 Å². The number of carbonyl (C=O) groups is 1. The van der Waals surface area contributed by atoms with Crippen molar-refractivity contribution in [2.45, 2.75) is 18.8 Å². The number of alkyl halides is 3. The Bertz CT molecular complexity index is 699. The van der Waals surface area contributed by atoms with Crippen molar-refractivity contribution in [3.05, 3.63) is 57.8 Å². The van der Waals surface area contributed by atoms with Crippen LogP contribution in [0.2, 0.25) is 0 Å². The first kappa shape index (κ1) is 20.3. The molecular formula is C18H22F3N3OS. The van der Waals surface area contributed by atoms with Gasteiger partial charge in [-0.2, -0.15) is 13.2 Å². The van der Waals surface area contributed by atoms with Crippen LogP contribution in [0, 0.1) is 0 Å². The molecule has 26 heavy (non-hydrogen) atoms. The molecule has 0 fully saturated rings. The summed E-state index contributed by atoms with van der Waals surface area (Å²) >= 11 is 1.63. The Labute approximate surface area is 155 Å². The number of carbonyl (C=O) groups excluding carboxylic acids is 1. The summed E-state index contributed by atoms with van der Waals surface area (Å²) in [6.45, 7) is 0.680. The van der Waals surface area contributed by atoms with E-state index in [-0.39, 0.29) is 18.6 Å². The van der Waals surface area contributed by atoms with Crippen LogP contribution in [-0.2, 0) is 12.7 Å². The largest absolute Gasteiger partial charge is 0.416 e. The van der Waals surface area contributed by atoms with Gasteiger partial charge in [0.15, 0.2) is 0 Å². The van der Waals surface area contributed by atoms with Crippen LogP contribution in [0.3, 0.4) is 0 Å². The van der Waals surface area contributed by atoms with E-state index in [1.807, 2.05) is 36.5 Å². The number of halogens is 3. The van der Waals surface area contributed by atoms with E-state index in [4.69, 9.17) is 0 Å². The number of nitrogens with zero attached hydrogens (tertiary/aromatic N) is 2. The maximum atomic E-state index is 12.6. The van der Waals surface area contributed by atoms with Gasteiger partial charge < -0.3 is 15.1 Å². The maximum absolute atomic E-state index is 12.6. The topological polar surface area (TPSA) is 35.6 Å². The van der Waals surface area contributed by atoms with Crippen LogP contribution in [0.15, 0.2) is 41.8 Å². The smallest absolute Gasteiger partial charge is 0.336 e. The summed E-state index contributed by atoms with van der Waals surface area (Å²) in [6.07, 6.45) is -4.36. The van der Waals surface area contributed by atoms with Crippen LogP contribution in [0.5, 0.6) is 0 Å². The Morgan fingerprint density at radius 2 is 1.81 bits per heavy atom. The zero-order valence-electron chi connectivity index (χ0n) is 14.9. The normalized spacial score (nSPS) is 12.9. The number of benzene rings is 1. The summed E-state index contributed by atoms with van der Waals surface area (Å²) in [5.41, 5.74) is -0.0591. The molecule has 2 rings (SSSR count). The quantitative estimate of drug-likeness (QED) is 0.809. The molecule has 4 nitrogen and oxygen atoms in total. The minimum absolute atomic E-state index is 0.0680. The molecule has 2 amide bonds. The van der Waals surface area contributed by atoms with Crippen molar-refractivity contribution < 1.29 is 18.0 Å². The van der Waals surface area contributed by atoms with Crippen molar-refractivity contribution in [3.63, 3.8) is 0 Å². The van der Waals surface area contributed by atoms with Gasteiger partial charge >= 0.3 is 12.2 Å². The van der Waals surface area contributed by atoms with E-state index in [2.05, 4.69) is 5.32 Å². The van der Waals surface area contributed by atoms with Crippen molar-refractivity contribution in [1.29, 1.82) is 0 Å². The summed E-state index contributed by atoms with van der Waals surface area (Å²) in [6, 6.07) is 8.62. The third kappa shape index (κ3) is 5.47. The lowest BCUT2D eigenvalue weighted by atomic mass is 10.1. The van der Waals surface area contributed by atoms with Crippen LogP contribution >= 0.6 is 11.3 Å². The number of nitrogens with one attached hydrogen (secondary N) is 1. The second-order valence-corrected chi connectivity index (χ2v) is 7.21.